The molecule has 0 spiro atoms. The van der Waals surface area contributed by atoms with Gasteiger partial charge in [-0.05, 0) is 41.8 Å². The van der Waals surface area contributed by atoms with Crippen molar-refractivity contribution in [2.24, 2.45) is 0 Å². The average molecular weight is 395 g/mol. The number of nitrogen functional groups attached to an aromatic ring is 1. The molecule has 25 heavy (non-hydrogen) atoms. The van der Waals surface area contributed by atoms with E-state index in [0.717, 1.165) is 17.5 Å². The number of hydrogen-bond donors (Lipinski definition) is 2. The molecule has 0 unspecified atom stereocenters. The van der Waals surface area contributed by atoms with E-state index in [1.807, 2.05) is 36.4 Å². The van der Waals surface area contributed by atoms with Crippen molar-refractivity contribution in [2.75, 3.05) is 11.1 Å². The summed E-state index contributed by atoms with van der Waals surface area (Å²) in [6.07, 6.45) is 0.720. The van der Waals surface area contributed by atoms with Gasteiger partial charge in [0.25, 0.3) is 0 Å². The maximum absolute atomic E-state index is 6.40. The normalized spacial score (nSPS) is 19.3. The first-order valence-electron chi connectivity index (χ1n) is 7.70. The monoisotopic (exact) mass is 393 g/mol. The van der Waals surface area contributed by atoms with Crippen LogP contribution in [-0.4, -0.2) is 14.8 Å². The van der Waals surface area contributed by atoms with E-state index in [4.69, 9.17) is 40.5 Å². The third-order valence-corrected chi connectivity index (χ3v) is 5.07. The van der Waals surface area contributed by atoms with Gasteiger partial charge in [-0.25, -0.2) is 4.68 Å². The Morgan fingerprint density at radius 3 is 2.64 bits per heavy atom. The zero-order chi connectivity index (χ0) is 17.6. The van der Waals surface area contributed by atoms with Gasteiger partial charge < -0.3 is 11.1 Å². The Kier molecular flexibility index (Phi) is 4.23. The molecule has 1 aliphatic rings. The number of nitrogens with one attached hydrogen (secondary N) is 1. The van der Waals surface area contributed by atoms with Crippen molar-refractivity contribution in [3.63, 3.8) is 0 Å². The first-order chi connectivity index (χ1) is 12.0. The third kappa shape index (κ3) is 3.15. The van der Waals surface area contributed by atoms with Gasteiger partial charge in [-0.1, -0.05) is 53.0 Å². The fraction of sp³-hybridized carbons (Fsp3) is 0.176. The van der Waals surface area contributed by atoms with Gasteiger partial charge in [-0.2, -0.15) is 4.98 Å². The SMILES string of the molecule is Nc1nc2n(n1)[C@H](c1cccc(Cl)c1)C[C@H](c1ccc(Cl)cc1Cl)N2. The van der Waals surface area contributed by atoms with E-state index < -0.39 is 0 Å². The fourth-order valence-corrected chi connectivity index (χ4v) is 3.91. The number of nitrogens with zero attached hydrogens (tertiary/aromatic N) is 3. The molecule has 8 heteroatoms. The number of benzene rings is 2. The quantitative estimate of drug-likeness (QED) is 0.644. The van der Waals surface area contributed by atoms with E-state index in [2.05, 4.69) is 15.4 Å². The van der Waals surface area contributed by atoms with Gasteiger partial charge in [0.2, 0.25) is 11.9 Å². The molecule has 0 fully saturated rings. The molecule has 0 bridgehead atoms. The van der Waals surface area contributed by atoms with Crippen LogP contribution < -0.4 is 11.1 Å². The standard InChI is InChI=1S/C17H14Cl3N5/c18-10-3-1-2-9(6-10)15-8-14(12-5-4-11(19)7-13(12)20)22-17-23-16(21)24-25(15)17/h1-7,14-15H,8H2,(H3,21,22,23,24)/t14-,15+/m1/s1. The lowest BCUT2D eigenvalue weighted by molar-refractivity contribution is 0.431. The maximum atomic E-state index is 6.40. The Hall–Kier alpha value is -1.95. The Morgan fingerprint density at radius 2 is 1.88 bits per heavy atom. The zero-order valence-corrected chi connectivity index (χ0v) is 15.2. The zero-order valence-electron chi connectivity index (χ0n) is 13.0. The van der Waals surface area contributed by atoms with Crippen LogP contribution in [0.5, 0.6) is 0 Å². The highest BCUT2D eigenvalue weighted by Crippen LogP contribution is 2.40. The minimum Gasteiger partial charge on any atom is -0.366 e. The average Bonchev–Trinajstić information content (AvgIpc) is 2.94. The lowest BCUT2D eigenvalue weighted by atomic mass is 9.93. The summed E-state index contributed by atoms with van der Waals surface area (Å²) < 4.78 is 1.79. The second-order valence-corrected chi connectivity index (χ2v) is 7.19. The molecule has 3 aromatic rings. The molecule has 3 N–H and O–H groups in total. The molecule has 0 radical (unpaired) electrons. The van der Waals surface area contributed by atoms with Crippen LogP contribution in [0.3, 0.4) is 0 Å². The largest absolute Gasteiger partial charge is 0.366 e. The first-order valence-corrected chi connectivity index (χ1v) is 8.83. The number of aromatic nitrogens is 3. The van der Waals surface area contributed by atoms with Gasteiger partial charge >= 0.3 is 0 Å². The highest BCUT2D eigenvalue weighted by molar-refractivity contribution is 6.35. The van der Waals surface area contributed by atoms with Crippen molar-refractivity contribution in [2.45, 2.75) is 18.5 Å². The fourth-order valence-electron chi connectivity index (χ4n) is 3.17. The third-order valence-electron chi connectivity index (χ3n) is 4.28. The Balaban J connectivity index is 1.78. The number of fused-ring (bicyclic) bond motifs is 1. The lowest BCUT2D eigenvalue weighted by Gasteiger charge is -2.32. The van der Waals surface area contributed by atoms with E-state index in [-0.39, 0.29) is 18.0 Å². The topological polar surface area (TPSA) is 68.8 Å². The summed E-state index contributed by atoms with van der Waals surface area (Å²) in [5, 5.41) is 9.57. The van der Waals surface area contributed by atoms with Gasteiger partial charge in [-0.3, -0.25) is 0 Å². The van der Waals surface area contributed by atoms with Gasteiger partial charge in [-0.15, -0.1) is 5.10 Å². The summed E-state index contributed by atoms with van der Waals surface area (Å²) in [7, 11) is 0. The molecule has 2 atom stereocenters. The van der Waals surface area contributed by atoms with E-state index in [9.17, 15) is 0 Å². The summed E-state index contributed by atoms with van der Waals surface area (Å²) in [6.45, 7) is 0. The van der Waals surface area contributed by atoms with Crippen molar-refractivity contribution in [1.29, 1.82) is 0 Å². The van der Waals surface area contributed by atoms with E-state index >= 15 is 0 Å². The van der Waals surface area contributed by atoms with Crippen LogP contribution >= 0.6 is 34.8 Å². The second kappa shape index (κ2) is 6.41. The van der Waals surface area contributed by atoms with Crippen LogP contribution in [0, 0.1) is 0 Å². The summed E-state index contributed by atoms with van der Waals surface area (Å²) >= 11 is 18.6. The predicted molar refractivity (Wildman–Crippen MR) is 101 cm³/mol. The molecule has 128 valence electrons. The highest BCUT2D eigenvalue weighted by Gasteiger charge is 2.31. The number of halogens is 3. The summed E-state index contributed by atoms with van der Waals surface area (Å²) in [5.74, 6) is 0.821. The van der Waals surface area contributed by atoms with Crippen LogP contribution in [-0.2, 0) is 0 Å². The molecule has 5 nitrogen and oxygen atoms in total. The minimum absolute atomic E-state index is 0.0511. The molecular weight excluding hydrogens is 381 g/mol. The van der Waals surface area contributed by atoms with E-state index in [1.54, 1.807) is 10.7 Å². The smallest absolute Gasteiger partial charge is 0.241 e. The Bertz CT molecular complexity index is 940. The van der Waals surface area contributed by atoms with Crippen molar-refractivity contribution < 1.29 is 0 Å². The molecule has 4 rings (SSSR count). The predicted octanol–water partition coefficient (Wildman–Crippen LogP) is 4.97. The van der Waals surface area contributed by atoms with Crippen molar-refractivity contribution in [1.82, 2.24) is 14.8 Å². The molecule has 0 saturated carbocycles. The van der Waals surface area contributed by atoms with Crippen LogP contribution in [0.1, 0.15) is 29.6 Å². The van der Waals surface area contributed by atoms with Crippen LogP contribution in [0.4, 0.5) is 11.9 Å². The molecule has 0 aliphatic carbocycles. The summed E-state index contributed by atoms with van der Waals surface area (Å²) in [6, 6.07) is 13.1. The Morgan fingerprint density at radius 1 is 1.08 bits per heavy atom. The molecule has 1 aliphatic heterocycles. The van der Waals surface area contributed by atoms with Gasteiger partial charge in [0.15, 0.2) is 0 Å². The van der Waals surface area contributed by atoms with E-state index in [1.165, 1.54) is 0 Å². The minimum atomic E-state index is -0.0588. The van der Waals surface area contributed by atoms with Gasteiger partial charge in [0.1, 0.15) is 0 Å². The maximum Gasteiger partial charge on any atom is 0.241 e. The lowest BCUT2D eigenvalue weighted by Crippen LogP contribution is -2.28. The van der Waals surface area contributed by atoms with Crippen molar-refractivity contribution in [3.8, 4) is 0 Å². The van der Waals surface area contributed by atoms with Crippen LogP contribution in [0.25, 0.3) is 0 Å². The summed E-state index contributed by atoms with van der Waals surface area (Å²) in [4.78, 5) is 4.29. The van der Waals surface area contributed by atoms with Crippen LogP contribution in [0.15, 0.2) is 42.5 Å². The van der Waals surface area contributed by atoms with Crippen molar-refractivity contribution >= 4 is 46.7 Å². The molecule has 2 heterocycles. The number of rotatable bonds is 2. The molecular formula is C17H14Cl3N5. The number of nitrogens with two attached hydrogens (primary N) is 1. The molecule has 0 amide bonds. The highest BCUT2D eigenvalue weighted by atomic mass is 35.5. The Labute approximate surface area is 159 Å². The second-order valence-electron chi connectivity index (χ2n) is 5.91. The molecule has 2 aromatic carbocycles. The van der Waals surface area contributed by atoms with Crippen molar-refractivity contribution in [3.05, 3.63) is 68.7 Å². The molecule has 0 saturated heterocycles. The summed E-state index contributed by atoms with van der Waals surface area (Å²) in [5.41, 5.74) is 7.80. The van der Waals surface area contributed by atoms with Crippen LogP contribution in [0.2, 0.25) is 15.1 Å². The van der Waals surface area contributed by atoms with Gasteiger partial charge in [0, 0.05) is 15.1 Å². The molecule has 1 aromatic heterocycles. The first kappa shape index (κ1) is 16.5. The van der Waals surface area contributed by atoms with Gasteiger partial charge in [0.05, 0.1) is 12.1 Å². The number of hydrogen-bond acceptors (Lipinski definition) is 4. The number of anilines is 2. The van der Waals surface area contributed by atoms with E-state index in [0.29, 0.717) is 21.0 Å².